The fourth-order valence-corrected chi connectivity index (χ4v) is 4.28. The standard InChI is InChI=1S/C26H20BrN3O4S/c1-15(2)13-33-25(31)16-3-6-20(7-4-16)29-12-18(11-28)24-30-22(14-35-24)21-10-17-9-19(27)5-8-23(17)34-26(21)32/h3-10,12,14-15,29H,13H2,1-2H3. The van der Waals surface area contributed by atoms with Crippen LogP contribution in [0.4, 0.5) is 5.69 Å². The quantitative estimate of drug-likeness (QED) is 0.160. The Morgan fingerprint density at radius 2 is 2.03 bits per heavy atom. The second-order valence-electron chi connectivity index (χ2n) is 8.05. The number of rotatable bonds is 7. The number of fused-ring (bicyclic) bond motifs is 1. The highest BCUT2D eigenvalue weighted by Crippen LogP contribution is 2.27. The number of esters is 1. The van der Waals surface area contributed by atoms with Crippen LogP contribution >= 0.6 is 27.3 Å². The predicted octanol–water partition coefficient (Wildman–Crippen LogP) is 6.47. The summed E-state index contributed by atoms with van der Waals surface area (Å²) in [7, 11) is 0. The molecule has 4 rings (SSSR count). The summed E-state index contributed by atoms with van der Waals surface area (Å²) in [4.78, 5) is 29.0. The second kappa shape index (κ2) is 10.7. The van der Waals surface area contributed by atoms with Crippen LogP contribution in [0.1, 0.15) is 29.2 Å². The molecule has 0 bridgehead atoms. The van der Waals surface area contributed by atoms with Gasteiger partial charge in [0.25, 0.3) is 0 Å². The number of carbonyl (C=O) groups excluding carboxylic acids is 1. The predicted molar refractivity (Wildman–Crippen MR) is 140 cm³/mol. The molecule has 2 aromatic carbocycles. The number of nitrogens with zero attached hydrogens (tertiary/aromatic N) is 2. The molecule has 2 heterocycles. The van der Waals surface area contributed by atoms with Gasteiger partial charge in [-0.15, -0.1) is 11.3 Å². The largest absolute Gasteiger partial charge is 0.462 e. The van der Waals surface area contributed by atoms with Crippen molar-refractivity contribution in [1.82, 2.24) is 4.98 Å². The smallest absolute Gasteiger partial charge is 0.345 e. The van der Waals surface area contributed by atoms with Crippen LogP contribution in [0.2, 0.25) is 0 Å². The highest BCUT2D eigenvalue weighted by atomic mass is 79.9. The number of allylic oxidation sites excluding steroid dienone is 1. The van der Waals surface area contributed by atoms with Crippen molar-refractivity contribution in [3.8, 4) is 17.3 Å². The zero-order valence-corrected chi connectivity index (χ0v) is 21.3. The van der Waals surface area contributed by atoms with Crippen molar-refractivity contribution in [3.05, 3.63) is 85.6 Å². The summed E-state index contributed by atoms with van der Waals surface area (Å²) in [6.07, 6.45) is 1.54. The van der Waals surface area contributed by atoms with Gasteiger partial charge in [0.1, 0.15) is 22.2 Å². The van der Waals surface area contributed by atoms with E-state index in [9.17, 15) is 14.9 Å². The molecular weight excluding hydrogens is 530 g/mol. The summed E-state index contributed by atoms with van der Waals surface area (Å²) in [5.74, 6) is -0.113. The van der Waals surface area contributed by atoms with Gasteiger partial charge >= 0.3 is 11.6 Å². The van der Waals surface area contributed by atoms with Gasteiger partial charge in [-0.3, -0.25) is 0 Å². The Morgan fingerprint density at radius 3 is 2.74 bits per heavy atom. The Balaban J connectivity index is 1.51. The average molecular weight is 550 g/mol. The van der Waals surface area contributed by atoms with Crippen molar-refractivity contribution in [3.63, 3.8) is 0 Å². The van der Waals surface area contributed by atoms with Crippen molar-refractivity contribution in [2.24, 2.45) is 5.92 Å². The summed E-state index contributed by atoms with van der Waals surface area (Å²) in [5, 5.41) is 15.6. The third kappa shape index (κ3) is 5.85. The molecule has 1 N–H and O–H groups in total. The van der Waals surface area contributed by atoms with Crippen molar-refractivity contribution < 1.29 is 13.9 Å². The first kappa shape index (κ1) is 24.4. The number of halogens is 1. The molecule has 0 saturated heterocycles. The highest BCUT2D eigenvalue weighted by Gasteiger charge is 2.14. The number of hydrogen-bond acceptors (Lipinski definition) is 8. The molecule has 0 atom stereocenters. The van der Waals surface area contributed by atoms with Gasteiger partial charge in [-0.25, -0.2) is 14.6 Å². The first-order valence-corrected chi connectivity index (χ1v) is 12.3. The monoisotopic (exact) mass is 549 g/mol. The van der Waals surface area contributed by atoms with Gasteiger partial charge in [-0.2, -0.15) is 5.26 Å². The topological polar surface area (TPSA) is 105 Å². The maximum atomic E-state index is 12.5. The highest BCUT2D eigenvalue weighted by molar-refractivity contribution is 9.10. The van der Waals surface area contributed by atoms with E-state index in [1.54, 1.807) is 47.8 Å². The number of nitrogens with one attached hydrogen (secondary N) is 1. The van der Waals surface area contributed by atoms with E-state index in [0.29, 0.717) is 45.3 Å². The summed E-state index contributed by atoms with van der Waals surface area (Å²) >= 11 is 4.67. The minimum Gasteiger partial charge on any atom is -0.462 e. The van der Waals surface area contributed by atoms with Gasteiger partial charge in [-0.05, 0) is 54.4 Å². The minimum atomic E-state index is -0.496. The van der Waals surface area contributed by atoms with Gasteiger partial charge in [0.2, 0.25) is 0 Å². The van der Waals surface area contributed by atoms with Crippen LogP contribution in [0.25, 0.3) is 27.8 Å². The van der Waals surface area contributed by atoms with E-state index in [2.05, 4.69) is 32.3 Å². The number of ether oxygens (including phenoxy) is 1. The Morgan fingerprint density at radius 1 is 1.26 bits per heavy atom. The number of nitriles is 1. The maximum absolute atomic E-state index is 12.5. The van der Waals surface area contributed by atoms with Crippen LogP contribution < -0.4 is 10.9 Å². The Kier molecular flexibility index (Phi) is 7.44. The first-order valence-electron chi connectivity index (χ1n) is 10.7. The molecule has 7 nitrogen and oxygen atoms in total. The van der Waals surface area contributed by atoms with Crippen molar-refractivity contribution in [2.45, 2.75) is 13.8 Å². The van der Waals surface area contributed by atoms with E-state index >= 15 is 0 Å². The molecular formula is C26H20BrN3O4S. The van der Waals surface area contributed by atoms with Crippen LogP contribution in [-0.2, 0) is 4.74 Å². The van der Waals surface area contributed by atoms with E-state index in [0.717, 1.165) is 9.86 Å². The molecule has 0 amide bonds. The fourth-order valence-electron chi connectivity index (χ4n) is 3.12. The van der Waals surface area contributed by atoms with Gasteiger partial charge in [-0.1, -0.05) is 29.8 Å². The molecule has 9 heteroatoms. The summed E-state index contributed by atoms with van der Waals surface area (Å²) < 4.78 is 11.5. The molecule has 0 aliphatic rings. The fraction of sp³-hybridized carbons (Fsp3) is 0.154. The Bertz CT molecular complexity index is 1510. The molecule has 0 saturated carbocycles. The number of aromatic nitrogens is 1. The number of carbonyl (C=O) groups is 1. The number of anilines is 1. The SMILES string of the molecule is CC(C)COC(=O)c1ccc(NC=C(C#N)c2nc(-c3cc4cc(Br)ccc4oc3=O)cs2)cc1. The minimum absolute atomic E-state index is 0.263. The second-order valence-corrected chi connectivity index (χ2v) is 9.83. The molecule has 0 fully saturated rings. The molecule has 0 aliphatic carbocycles. The van der Waals surface area contributed by atoms with Gasteiger partial charge in [0.05, 0.1) is 23.4 Å². The van der Waals surface area contributed by atoms with Gasteiger partial charge in [0, 0.05) is 27.1 Å². The first-order chi connectivity index (χ1) is 16.8. The zero-order chi connectivity index (χ0) is 24.9. The summed E-state index contributed by atoms with van der Waals surface area (Å²) in [5.41, 5.74) is 2.19. The van der Waals surface area contributed by atoms with Crippen LogP contribution in [0.3, 0.4) is 0 Å². The molecule has 0 unspecified atom stereocenters. The molecule has 176 valence electrons. The van der Waals surface area contributed by atoms with Crippen LogP contribution in [-0.4, -0.2) is 17.6 Å². The van der Waals surface area contributed by atoms with E-state index in [1.165, 1.54) is 17.5 Å². The van der Waals surface area contributed by atoms with E-state index < -0.39 is 5.63 Å². The number of hydrogen-bond donors (Lipinski definition) is 1. The molecule has 35 heavy (non-hydrogen) atoms. The molecule has 2 aromatic heterocycles. The normalized spacial score (nSPS) is 11.5. The molecule has 0 spiro atoms. The molecule has 0 radical (unpaired) electrons. The average Bonchev–Trinajstić information content (AvgIpc) is 3.33. The third-order valence-electron chi connectivity index (χ3n) is 4.88. The maximum Gasteiger partial charge on any atom is 0.345 e. The van der Waals surface area contributed by atoms with Crippen molar-refractivity contribution in [1.29, 1.82) is 5.26 Å². The summed E-state index contributed by atoms with van der Waals surface area (Å²) in [6.45, 7) is 4.31. The van der Waals surface area contributed by atoms with Crippen molar-refractivity contribution >= 4 is 55.5 Å². The zero-order valence-electron chi connectivity index (χ0n) is 18.9. The Labute approximate surface area is 213 Å². The van der Waals surface area contributed by atoms with Crippen LogP contribution in [0.15, 0.2) is 73.8 Å². The van der Waals surface area contributed by atoms with E-state index in [-0.39, 0.29) is 11.9 Å². The van der Waals surface area contributed by atoms with Crippen molar-refractivity contribution in [2.75, 3.05) is 11.9 Å². The Hall–Kier alpha value is -3.74. The van der Waals surface area contributed by atoms with Crippen LogP contribution in [0, 0.1) is 17.2 Å². The van der Waals surface area contributed by atoms with Gasteiger partial charge in [0.15, 0.2) is 0 Å². The number of benzene rings is 2. The lowest BCUT2D eigenvalue weighted by molar-refractivity contribution is 0.0459. The molecule has 4 aromatic rings. The van der Waals surface area contributed by atoms with Gasteiger partial charge < -0.3 is 14.5 Å². The lowest BCUT2D eigenvalue weighted by Crippen LogP contribution is -2.10. The summed E-state index contributed by atoms with van der Waals surface area (Å²) in [6, 6.07) is 16.0. The lowest BCUT2D eigenvalue weighted by atomic mass is 10.1. The van der Waals surface area contributed by atoms with E-state index in [4.69, 9.17) is 9.15 Å². The third-order valence-corrected chi connectivity index (χ3v) is 6.25. The number of thiazole rings is 1. The molecule has 0 aliphatic heterocycles. The van der Waals surface area contributed by atoms with E-state index in [1.807, 2.05) is 19.9 Å². The van der Waals surface area contributed by atoms with Crippen LogP contribution in [0.5, 0.6) is 0 Å². The lowest BCUT2D eigenvalue weighted by Gasteiger charge is -2.07.